The molecule has 1 aliphatic carbocycles. The van der Waals surface area contributed by atoms with Crippen LogP contribution in [0.3, 0.4) is 0 Å². The van der Waals surface area contributed by atoms with Crippen LogP contribution < -0.4 is 11.3 Å². The Bertz CT molecular complexity index is 202. The molecule has 1 saturated carbocycles. The molecule has 2 rings (SSSR count). The number of ether oxygens (including phenoxy) is 2. The fraction of sp³-hybridized carbons (Fsp3) is 1.00. The highest BCUT2D eigenvalue weighted by atomic mass is 16.5. The Morgan fingerprint density at radius 1 is 1.06 bits per heavy atom. The largest absolute Gasteiger partial charge is 0.381 e. The van der Waals surface area contributed by atoms with Crippen molar-refractivity contribution in [3.8, 4) is 0 Å². The maximum atomic E-state index is 5.82. The number of rotatable bonds is 5. The van der Waals surface area contributed by atoms with Crippen LogP contribution in [0, 0.1) is 11.8 Å². The summed E-state index contributed by atoms with van der Waals surface area (Å²) in [6.45, 7) is 1.73. The van der Waals surface area contributed by atoms with Crippen LogP contribution in [0.1, 0.15) is 44.9 Å². The van der Waals surface area contributed by atoms with E-state index >= 15 is 0 Å². The molecule has 1 heterocycles. The van der Waals surface area contributed by atoms with Crippen molar-refractivity contribution in [3.05, 3.63) is 0 Å². The van der Waals surface area contributed by atoms with Gasteiger partial charge in [-0.1, -0.05) is 19.3 Å². The molecule has 0 spiro atoms. The van der Waals surface area contributed by atoms with E-state index in [-0.39, 0.29) is 12.1 Å². The van der Waals surface area contributed by atoms with Gasteiger partial charge in [0.1, 0.15) is 0 Å². The molecule has 0 amide bonds. The molecule has 2 aliphatic rings. The van der Waals surface area contributed by atoms with Gasteiger partial charge in [0.25, 0.3) is 0 Å². The van der Waals surface area contributed by atoms with Crippen LogP contribution in [-0.4, -0.2) is 32.5 Å². The summed E-state index contributed by atoms with van der Waals surface area (Å²) < 4.78 is 11.3. The van der Waals surface area contributed by atoms with Gasteiger partial charge in [-0.05, 0) is 37.5 Å². The van der Waals surface area contributed by atoms with Crippen molar-refractivity contribution >= 4 is 0 Å². The Hall–Kier alpha value is -0.160. The zero-order valence-electron chi connectivity index (χ0n) is 11.6. The lowest BCUT2D eigenvalue weighted by molar-refractivity contribution is -0.0305. The first-order chi connectivity index (χ1) is 8.86. The van der Waals surface area contributed by atoms with E-state index in [1.807, 2.05) is 7.11 Å². The van der Waals surface area contributed by atoms with E-state index in [0.717, 1.165) is 26.1 Å². The summed E-state index contributed by atoms with van der Waals surface area (Å²) in [4.78, 5) is 0. The third kappa shape index (κ3) is 3.44. The standard InChI is InChI=1S/C14H28N2O2/c1-17-14(12-5-3-2-4-6-12)13(16-15)11-7-9-18-10-8-11/h11-14,16H,2-10,15H2,1H3. The van der Waals surface area contributed by atoms with Crippen molar-refractivity contribution in [3.63, 3.8) is 0 Å². The van der Waals surface area contributed by atoms with Gasteiger partial charge in [-0.15, -0.1) is 0 Å². The topological polar surface area (TPSA) is 56.5 Å². The van der Waals surface area contributed by atoms with Crippen LogP contribution in [-0.2, 0) is 9.47 Å². The molecular weight excluding hydrogens is 228 g/mol. The number of hydrogen-bond donors (Lipinski definition) is 2. The van der Waals surface area contributed by atoms with Crippen LogP contribution in [0.25, 0.3) is 0 Å². The molecule has 0 aromatic heterocycles. The quantitative estimate of drug-likeness (QED) is 0.582. The number of methoxy groups -OCH3 is 1. The van der Waals surface area contributed by atoms with Crippen molar-refractivity contribution in [1.82, 2.24) is 5.43 Å². The second-order valence-corrected chi connectivity index (χ2v) is 5.74. The first-order valence-corrected chi connectivity index (χ1v) is 7.43. The summed E-state index contributed by atoms with van der Waals surface area (Å²) in [7, 11) is 1.84. The highest BCUT2D eigenvalue weighted by Crippen LogP contribution is 2.32. The van der Waals surface area contributed by atoms with Crippen molar-refractivity contribution in [2.24, 2.45) is 17.7 Å². The lowest BCUT2D eigenvalue weighted by Crippen LogP contribution is -2.53. The molecule has 4 nitrogen and oxygen atoms in total. The molecule has 2 unspecified atom stereocenters. The van der Waals surface area contributed by atoms with E-state index in [2.05, 4.69) is 5.43 Å². The van der Waals surface area contributed by atoms with Gasteiger partial charge in [-0.25, -0.2) is 0 Å². The highest BCUT2D eigenvalue weighted by Gasteiger charge is 2.35. The Labute approximate surface area is 111 Å². The van der Waals surface area contributed by atoms with Crippen molar-refractivity contribution < 1.29 is 9.47 Å². The molecule has 106 valence electrons. The zero-order valence-corrected chi connectivity index (χ0v) is 11.6. The lowest BCUT2D eigenvalue weighted by Gasteiger charge is -2.39. The summed E-state index contributed by atoms with van der Waals surface area (Å²) in [6.07, 6.45) is 9.11. The third-order valence-corrected chi connectivity index (χ3v) is 4.71. The predicted molar refractivity (Wildman–Crippen MR) is 72.0 cm³/mol. The summed E-state index contributed by atoms with van der Waals surface area (Å²) >= 11 is 0. The van der Waals surface area contributed by atoms with Crippen LogP contribution in [0.2, 0.25) is 0 Å². The maximum absolute atomic E-state index is 5.82. The van der Waals surface area contributed by atoms with Gasteiger partial charge in [-0.2, -0.15) is 0 Å². The van der Waals surface area contributed by atoms with Crippen LogP contribution in [0.5, 0.6) is 0 Å². The molecule has 3 N–H and O–H groups in total. The second kappa shape index (κ2) is 7.43. The molecule has 2 atom stereocenters. The fourth-order valence-electron chi connectivity index (χ4n) is 3.67. The van der Waals surface area contributed by atoms with Crippen molar-refractivity contribution in [2.75, 3.05) is 20.3 Å². The van der Waals surface area contributed by atoms with E-state index in [1.54, 1.807) is 0 Å². The van der Waals surface area contributed by atoms with Crippen molar-refractivity contribution in [2.45, 2.75) is 57.1 Å². The van der Waals surface area contributed by atoms with E-state index in [9.17, 15) is 0 Å². The Kier molecular flexibility index (Phi) is 5.89. The number of hydrazine groups is 1. The van der Waals surface area contributed by atoms with Gasteiger partial charge >= 0.3 is 0 Å². The van der Waals surface area contributed by atoms with E-state index < -0.39 is 0 Å². The van der Waals surface area contributed by atoms with Gasteiger partial charge in [0.15, 0.2) is 0 Å². The van der Waals surface area contributed by atoms with Gasteiger partial charge in [0.2, 0.25) is 0 Å². The molecule has 2 fully saturated rings. The average molecular weight is 256 g/mol. The lowest BCUT2D eigenvalue weighted by atomic mass is 9.78. The minimum absolute atomic E-state index is 0.262. The zero-order chi connectivity index (χ0) is 12.8. The number of hydrogen-bond acceptors (Lipinski definition) is 4. The maximum Gasteiger partial charge on any atom is 0.0768 e. The minimum Gasteiger partial charge on any atom is -0.381 e. The molecule has 0 aromatic rings. The van der Waals surface area contributed by atoms with Gasteiger partial charge in [0, 0.05) is 20.3 Å². The first-order valence-electron chi connectivity index (χ1n) is 7.43. The van der Waals surface area contributed by atoms with Crippen molar-refractivity contribution in [1.29, 1.82) is 0 Å². The Balaban J connectivity index is 1.97. The summed E-state index contributed by atoms with van der Waals surface area (Å²) in [5.74, 6) is 7.08. The average Bonchev–Trinajstić information content (AvgIpc) is 2.46. The number of nitrogens with one attached hydrogen (secondary N) is 1. The van der Waals surface area contributed by atoms with Gasteiger partial charge in [0.05, 0.1) is 12.1 Å². The molecule has 0 radical (unpaired) electrons. The SMILES string of the molecule is COC(C1CCCCC1)C(NN)C1CCOCC1. The van der Waals surface area contributed by atoms with E-state index in [0.29, 0.717) is 11.8 Å². The van der Waals surface area contributed by atoms with Crippen LogP contribution in [0.4, 0.5) is 0 Å². The smallest absolute Gasteiger partial charge is 0.0768 e. The molecule has 1 aliphatic heterocycles. The molecule has 0 bridgehead atoms. The van der Waals surface area contributed by atoms with E-state index in [1.165, 1.54) is 32.1 Å². The molecule has 0 aromatic carbocycles. The van der Waals surface area contributed by atoms with Crippen LogP contribution in [0.15, 0.2) is 0 Å². The molecule has 4 heteroatoms. The summed E-state index contributed by atoms with van der Waals surface area (Å²) in [6, 6.07) is 0.280. The summed E-state index contributed by atoms with van der Waals surface area (Å²) in [5, 5.41) is 0. The normalized spacial score (nSPS) is 27.0. The van der Waals surface area contributed by atoms with Gasteiger partial charge < -0.3 is 9.47 Å². The predicted octanol–water partition coefficient (Wildman–Crippen LogP) is 1.84. The van der Waals surface area contributed by atoms with E-state index in [4.69, 9.17) is 15.3 Å². The van der Waals surface area contributed by atoms with Crippen LogP contribution >= 0.6 is 0 Å². The first kappa shape index (κ1) is 14.3. The molecule has 1 saturated heterocycles. The third-order valence-electron chi connectivity index (χ3n) is 4.71. The second-order valence-electron chi connectivity index (χ2n) is 5.74. The number of nitrogens with two attached hydrogens (primary N) is 1. The fourth-order valence-corrected chi connectivity index (χ4v) is 3.67. The Morgan fingerprint density at radius 2 is 1.72 bits per heavy atom. The summed E-state index contributed by atoms with van der Waals surface area (Å²) in [5.41, 5.74) is 3.04. The molecule has 18 heavy (non-hydrogen) atoms. The highest BCUT2D eigenvalue weighted by molar-refractivity contribution is 4.89. The van der Waals surface area contributed by atoms with Gasteiger partial charge in [-0.3, -0.25) is 11.3 Å². The Morgan fingerprint density at radius 3 is 2.28 bits per heavy atom. The molecular formula is C14H28N2O2. The monoisotopic (exact) mass is 256 g/mol. The minimum atomic E-state index is 0.262.